The summed E-state index contributed by atoms with van der Waals surface area (Å²) in [6.07, 6.45) is 2.86. The molecule has 0 aliphatic heterocycles. The number of carboxylic acid groups (broad SMARTS) is 1. The normalized spacial score (nSPS) is 10.2. The van der Waals surface area contributed by atoms with E-state index in [1.165, 1.54) is 29.2 Å². The zero-order chi connectivity index (χ0) is 11.5. The standard InChI is InChI=1S/C10H8N2O3S/c13-9-3-4-11-6-12(9)5-7-1-2-8(16-7)10(14)15/h1-4,6H,5H2,(H,14,15). The molecule has 0 saturated heterocycles. The van der Waals surface area contributed by atoms with Crippen LogP contribution in [0.4, 0.5) is 0 Å². The molecule has 5 nitrogen and oxygen atoms in total. The fourth-order valence-corrected chi connectivity index (χ4v) is 2.09. The van der Waals surface area contributed by atoms with Gasteiger partial charge in [0.25, 0.3) is 5.56 Å². The fraction of sp³-hybridized carbons (Fsp3) is 0.100. The van der Waals surface area contributed by atoms with Crippen LogP contribution in [-0.4, -0.2) is 20.6 Å². The van der Waals surface area contributed by atoms with Crippen LogP contribution in [0.2, 0.25) is 0 Å². The Morgan fingerprint density at radius 3 is 2.88 bits per heavy atom. The maximum Gasteiger partial charge on any atom is 0.345 e. The molecule has 0 radical (unpaired) electrons. The summed E-state index contributed by atoms with van der Waals surface area (Å²) in [5.74, 6) is -0.949. The Morgan fingerprint density at radius 1 is 1.44 bits per heavy atom. The molecule has 0 spiro atoms. The van der Waals surface area contributed by atoms with Crippen LogP contribution >= 0.6 is 11.3 Å². The molecule has 82 valence electrons. The molecule has 0 aliphatic rings. The Morgan fingerprint density at radius 2 is 2.25 bits per heavy atom. The summed E-state index contributed by atoms with van der Waals surface area (Å²) in [6.45, 7) is 0.352. The van der Waals surface area contributed by atoms with Crippen LogP contribution in [0.3, 0.4) is 0 Å². The Balaban J connectivity index is 2.24. The highest BCUT2D eigenvalue weighted by Crippen LogP contribution is 2.16. The zero-order valence-corrected chi connectivity index (χ0v) is 8.98. The quantitative estimate of drug-likeness (QED) is 0.864. The fourth-order valence-electron chi connectivity index (χ4n) is 1.24. The van der Waals surface area contributed by atoms with Gasteiger partial charge < -0.3 is 5.11 Å². The van der Waals surface area contributed by atoms with Gasteiger partial charge in [-0.1, -0.05) is 0 Å². The van der Waals surface area contributed by atoms with Crippen LogP contribution in [0.1, 0.15) is 14.5 Å². The van der Waals surface area contributed by atoms with Crippen molar-refractivity contribution in [3.63, 3.8) is 0 Å². The Bertz CT molecular complexity index is 573. The molecule has 0 atom stereocenters. The first-order chi connectivity index (χ1) is 7.66. The molecule has 0 saturated carbocycles. The van der Waals surface area contributed by atoms with Crippen LogP contribution in [0, 0.1) is 0 Å². The van der Waals surface area contributed by atoms with Crippen molar-refractivity contribution in [1.29, 1.82) is 0 Å². The third kappa shape index (κ3) is 2.17. The molecule has 0 aromatic carbocycles. The largest absolute Gasteiger partial charge is 0.477 e. The Labute approximate surface area is 94.6 Å². The minimum absolute atomic E-state index is 0.153. The van der Waals surface area contributed by atoms with E-state index in [2.05, 4.69) is 4.98 Å². The van der Waals surface area contributed by atoms with Crippen LogP contribution in [0.5, 0.6) is 0 Å². The summed E-state index contributed by atoms with van der Waals surface area (Å²) >= 11 is 1.16. The summed E-state index contributed by atoms with van der Waals surface area (Å²) in [5, 5.41) is 8.75. The molecule has 2 aromatic rings. The van der Waals surface area contributed by atoms with Gasteiger partial charge in [-0.3, -0.25) is 9.36 Å². The van der Waals surface area contributed by atoms with E-state index in [9.17, 15) is 9.59 Å². The second kappa shape index (κ2) is 4.28. The maximum atomic E-state index is 11.4. The molecule has 0 unspecified atom stereocenters. The van der Waals surface area contributed by atoms with Crippen molar-refractivity contribution >= 4 is 17.3 Å². The first-order valence-electron chi connectivity index (χ1n) is 4.49. The van der Waals surface area contributed by atoms with Gasteiger partial charge in [0, 0.05) is 17.1 Å². The summed E-state index contributed by atoms with van der Waals surface area (Å²) in [6, 6.07) is 4.60. The average Bonchev–Trinajstić information content (AvgIpc) is 2.70. The minimum atomic E-state index is -0.949. The van der Waals surface area contributed by atoms with Crippen molar-refractivity contribution in [1.82, 2.24) is 9.55 Å². The van der Waals surface area contributed by atoms with Crippen molar-refractivity contribution in [2.75, 3.05) is 0 Å². The van der Waals surface area contributed by atoms with Crippen molar-refractivity contribution in [2.45, 2.75) is 6.54 Å². The number of nitrogens with zero attached hydrogens (tertiary/aromatic N) is 2. The van der Waals surface area contributed by atoms with Crippen molar-refractivity contribution in [3.05, 3.63) is 50.8 Å². The van der Waals surface area contributed by atoms with E-state index in [4.69, 9.17) is 5.11 Å². The van der Waals surface area contributed by atoms with Crippen LogP contribution in [-0.2, 0) is 6.54 Å². The highest BCUT2D eigenvalue weighted by molar-refractivity contribution is 7.13. The van der Waals surface area contributed by atoms with Crippen molar-refractivity contribution in [3.8, 4) is 0 Å². The van der Waals surface area contributed by atoms with Gasteiger partial charge >= 0.3 is 5.97 Å². The second-order valence-corrected chi connectivity index (χ2v) is 4.29. The summed E-state index contributed by atoms with van der Waals surface area (Å²) in [7, 11) is 0. The van der Waals surface area contributed by atoms with Gasteiger partial charge in [0.15, 0.2) is 0 Å². The number of carboxylic acids is 1. The van der Waals surface area contributed by atoms with Gasteiger partial charge in [0.1, 0.15) is 4.88 Å². The van der Waals surface area contributed by atoms with E-state index >= 15 is 0 Å². The smallest absolute Gasteiger partial charge is 0.345 e. The summed E-state index contributed by atoms with van der Waals surface area (Å²) < 4.78 is 1.43. The van der Waals surface area contributed by atoms with Gasteiger partial charge in [0.2, 0.25) is 0 Å². The Kier molecular flexibility index (Phi) is 2.82. The first-order valence-corrected chi connectivity index (χ1v) is 5.31. The number of carbonyl (C=O) groups is 1. The predicted molar refractivity (Wildman–Crippen MR) is 58.9 cm³/mol. The molecule has 0 amide bonds. The first kappa shape index (κ1) is 10.6. The number of rotatable bonds is 3. The third-order valence-corrected chi connectivity index (χ3v) is 3.05. The van der Waals surface area contributed by atoms with E-state index in [0.717, 1.165) is 16.2 Å². The van der Waals surface area contributed by atoms with Gasteiger partial charge in [0.05, 0.1) is 12.9 Å². The lowest BCUT2D eigenvalue weighted by atomic mass is 10.4. The van der Waals surface area contributed by atoms with Gasteiger partial charge in [-0.2, -0.15) is 0 Å². The lowest BCUT2D eigenvalue weighted by Gasteiger charge is -2.00. The molecular formula is C10H8N2O3S. The van der Waals surface area contributed by atoms with E-state index < -0.39 is 5.97 Å². The number of hydrogen-bond donors (Lipinski definition) is 1. The molecule has 2 rings (SSSR count). The van der Waals surface area contributed by atoms with Gasteiger partial charge in [-0.25, -0.2) is 9.78 Å². The van der Waals surface area contributed by atoms with E-state index in [-0.39, 0.29) is 10.4 Å². The van der Waals surface area contributed by atoms with E-state index in [1.54, 1.807) is 6.07 Å². The number of hydrogen-bond acceptors (Lipinski definition) is 4. The predicted octanol–water partition coefficient (Wildman–Crippen LogP) is 1.05. The molecule has 0 bridgehead atoms. The monoisotopic (exact) mass is 236 g/mol. The Hall–Kier alpha value is -1.95. The van der Waals surface area contributed by atoms with Crippen LogP contribution in [0.25, 0.3) is 0 Å². The molecule has 16 heavy (non-hydrogen) atoms. The number of thiophene rings is 1. The number of aromatic carboxylic acids is 1. The zero-order valence-electron chi connectivity index (χ0n) is 8.16. The molecule has 2 heterocycles. The molecule has 6 heteroatoms. The lowest BCUT2D eigenvalue weighted by molar-refractivity contribution is 0.0702. The second-order valence-electron chi connectivity index (χ2n) is 3.12. The molecule has 0 aliphatic carbocycles. The highest BCUT2D eigenvalue weighted by Gasteiger charge is 2.07. The third-order valence-electron chi connectivity index (χ3n) is 1.99. The van der Waals surface area contributed by atoms with E-state index in [0.29, 0.717) is 6.54 Å². The summed E-state index contributed by atoms with van der Waals surface area (Å²) in [5.41, 5.74) is -0.153. The van der Waals surface area contributed by atoms with Crippen molar-refractivity contribution in [2.24, 2.45) is 0 Å². The van der Waals surface area contributed by atoms with Gasteiger partial charge in [-0.05, 0) is 12.1 Å². The van der Waals surface area contributed by atoms with Crippen LogP contribution < -0.4 is 5.56 Å². The SMILES string of the molecule is O=C(O)c1ccc(Cn2cnccc2=O)s1. The highest BCUT2D eigenvalue weighted by atomic mass is 32.1. The average molecular weight is 236 g/mol. The van der Waals surface area contributed by atoms with Crippen LogP contribution in [0.15, 0.2) is 35.5 Å². The van der Waals surface area contributed by atoms with Gasteiger partial charge in [-0.15, -0.1) is 11.3 Å². The number of aromatic nitrogens is 2. The van der Waals surface area contributed by atoms with Crippen molar-refractivity contribution < 1.29 is 9.90 Å². The summed E-state index contributed by atoms with van der Waals surface area (Å²) in [4.78, 5) is 27.0. The topological polar surface area (TPSA) is 72.2 Å². The molecule has 0 fully saturated rings. The molecule has 1 N–H and O–H groups in total. The van der Waals surface area contributed by atoms with E-state index in [1.807, 2.05) is 0 Å². The molecular weight excluding hydrogens is 228 g/mol. The molecule has 2 aromatic heterocycles. The minimum Gasteiger partial charge on any atom is -0.477 e. The maximum absolute atomic E-state index is 11.4. The lowest BCUT2D eigenvalue weighted by Crippen LogP contribution is -2.18.